The Labute approximate surface area is 107 Å². The molecule has 1 aromatic carbocycles. The molecule has 0 amide bonds. The van der Waals surface area contributed by atoms with Gasteiger partial charge in [0, 0.05) is 16.8 Å². The Morgan fingerprint density at radius 2 is 2.11 bits per heavy atom. The molecule has 0 saturated carbocycles. The number of ether oxygens (including phenoxy) is 1. The maximum Gasteiger partial charge on any atom is 0.335 e. The van der Waals surface area contributed by atoms with Crippen molar-refractivity contribution in [3.8, 4) is 0 Å². The van der Waals surface area contributed by atoms with Crippen LogP contribution in [0.25, 0.3) is 10.9 Å². The lowest BCUT2D eigenvalue weighted by Crippen LogP contribution is -2.12. The molecule has 18 heavy (non-hydrogen) atoms. The minimum absolute atomic E-state index is 0.324. The number of esters is 1. The molecule has 3 nitrogen and oxygen atoms in total. The van der Waals surface area contributed by atoms with E-state index in [0.717, 1.165) is 11.2 Å². The van der Waals surface area contributed by atoms with Gasteiger partial charge in [0.2, 0.25) is 0 Å². The number of carbonyl (C=O) groups is 1. The molecule has 0 fully saturated rings. The molecule has 0 aliphatic rings. The third-order valence-corrected chi connectivity index (χ3v) is 2.93. The first kappa shape index (κ1) is 12.4. The van der Waals surface area contributed by atoms with Crippen molar-refractivity contribution in [1.82, 2.24) is 4.57 Å². The van der Waals surface area contributed by atoms with Gasteiger partial charge in [0.05, 0.1) is 13.2 Å². The highest BCUT2D eigenvalue weighted by Gasteiger charge is 2.11. The second kappa shape index (κ2) is 5.08. The summed E-state index contributed by atoms with van der Waals surface area (Å²) in [5.74, 6) is -0.324. The number of aromatic nitrogens is 1. The number of benzene rings is 1. The van der Waals surface area contributed by atoms with E-state index in [0.29, 0.717) is 18.7 Å². The summed E-state index contributed by atoms with van der Waals surface area (Å²) in [7, 11) is 0. The first-order valence-electron chi connectivity index (χ1n) is 6.03. The summed E-state index contributed by atoms with van der Waals surface area (Å²) in [5, 5.41) is 1.17. The van der Waals surface area contributed by atoms with Crippen molar-refractivity contribution in [2.24, 2.45) is 0 Å². The lowest BCUT2D eigenvalue weighted by molar-refractivity contribution is -0.138. The van der Waals surface area contributed by atoms with Crippen LogP contribution in [0.15, 0.2) is 42.5 Å². The monoisotopic (exact) mass is 243 g/mol. The van der Waals surface area contributed by atoms with E-state index in [-0.39, 0.29) is 5.97 Å². The maximum atomic E-state index is 11.6. The summed E-state index contributed by atoms with van der Waals surface area (Å²) in [4.78, 5) is 11.6. The topological polar surface area (TPSA) is 31.2 Å². The van der Waals surface area contributed by atoms with Crippen molar-refractivity contribution in [3.63, 3.8) is 0 Å². The van der Waals surface area contributed by atoms with Gasteiger partial charge >= 0.3 is 5.97 Å². The molecular formula is C15H17NO2. The molecule has 0 spiro atoms. The van der Waals surface area contributed by atoms with E-state index in [1.807, 2.05) is 25.1 Å². The zero-order chi connectivity index (χ0) is 13.1. The molecule has 0 aliphatic heterocycles. The van der Waals surface area contributed by atoms with Gasteiger partial charge in [0.1, 0.15) is 0 Å². The number of para-hydroxylation sites is 1. The molecule has 2 rings (SSSR count). The Balaban J connectivity index is 2.29. The summed E-state index contributed by atoms with van der Waals surface area (Å²) in [6.45, 7) is 8.47. The van der Waals surface area contributed by atoms with E-state index in [1.165, 1.54) is 5.39 Å². The van der Waals surface area contributed by atoms with Crippen LogP contribution in [0.5, 0.6) is 0 Å². The van der Waals surface area contributed by atoms with Crippen LogP contribution >= 0.6 is 0 Å². The molecule has 0 saturated heterocycles. The molecular weight excluding hydrogens is 226 g/mol. The van der Waals surface area contributed by atoms with Gasteiger partial charge in [-0.1, -0.05) is 24.8 Å². The predicted octanol–water partition coefficient (Wildman–Crippen LogP) is 3.07. The second-order valence-corrected chi connectivity index (χ2v) is 4.25. The number of nitrogens with zero attached hydrogens (tertiary/aromatic N) is 1. The van der Waals surface area contributed by atoms with E-state index >= 15 is 0 Å². The molecule has 0 unspecified atom stereocenters. The van der Waals surface area contributed by atoms with E-state index in [4.69, 9.17) is 4.74 Å². The maximum absolute atomic E-state index is 11.6. The van der Waals surface area contributed by atoms with E-state index in [1.54, 1.807) is 6.92 Å². The van der Waals surface area contributed by atoms with Crippen molar-refractivity contribution >= 4 is 16.9 Å². The summed E-state index contributed by atoms with van der Waals surface area (Å²) < 4.78 is 7.03. The minimum Gasteiger partial charge on any atom is -0.463 e. The van der Waals surface area contributed by atoms with Crippen LogP contribution in [0.4, 0.5) is 0 Å². The largest absolute Gasteiger partial charge is 0.463 e. The number of aryl methyl sites for hydroxylation is 1. The number of rotatable bonds is 4. The number of hydrogen-bond acceptors (Lipinski definition) is 2. The Morgan fingerprint density at radius 3 is 2.83 bits per heavy atom. The third kappa shape index (κ3) is 2.30. The molecule has 3 heteroatoms. The number of fused-ring (bicyclic) bond motifs is 1. The highest BCUT2D eigenvalue weighted by molar-refractivity contribution is 5.88. The van der Waals surface area contributed by atoms with Crippen LogP contribution in [0, 0.1) is 6.92 Å². The van der Waals surface area contributed by atoms with Gasteiger partial charge in [-0.05, 0) is 31.4 Å². The highest BCUT2D eigenvalue weighted by atomic mass is 16.5. The zero-order valence-electron chi connectivity index (χ0n) is 10.8. The van der Waals surface area contributed by atoms with Crippen molar-refractivity contribution in [2.45, 2.75) is 20.4 Å². The Kier molecular flexibility index (Phi) is 3.51. The standard InChI is InChI=1S/C15H17NO2/c1-4-18-15(17)11(2)10-16-12(3)9-13-7-5-6-8-14(13)16/h5-9H,2,4,10H2,1,3H3. The average Bonchev–Trinajstić information content (AvgIpc) is 2.66. The molecule has 0 bridgehead atoms. The van der Waals surface area contributed by atoms with Gasteiger partial charge in [0.25, 0.3) is 0 Å². The van der Waals surface area contributed by atoms with E-state index < -0.39 is 0 Å². The number of hydrogen-bond donors (Lipinski definition) is 0. The van der Waals surface area contributed by atoms with E-state index in [2.05, 4.69) is 23.3 Å². The Bertz CT molecular complexity index is 596. The van der Waals surface area contributed by atoms with Crippen LogP contribution in [0.2, 0.25) is 0 Å². The molecule has 0 atom stereocenters. The summed E-state index contributed by atoms with van der Waals surface area (Å²) in [5.41, 5.74) is 2.70. The quantitative estimate of drug-likeness (QED) is 0.610. The second-order valence-electron chi connectivity index (χ2n) is 4.25. The lowest BCUT2D eigenvalue weighted by Gasteiger charge is -2.10. The van der Waals surface area contributed by atoms with Gasteiger partial charge in [0.15, 0.2) is 0 Å². The molecule has 94 valence electrons. The fourth-order valence-corrected chi connectivity index (χ4v) is 2.05. The fraction of sp³-hybridized carbons (Fsp3) is 0.267. The van der Waals surface area contributed by atoms with Crippen LogP contribution in [0.1, 0.15) is 12.6 Å². The number of carbonyl (C=O) groups excluding carboxylic acids is 1. The summed E-state index contributed by atoms with van der Waals surface area (Å²) in [6.07, 6.45) is 0. The Morgan fingerprint density at radius 1 is 1.39 bits per heavy atom. The Hall–Kier alpha value is -2.03. The van der Waals surface area contributed by atoms with Gasteiger partial charge in [-0.3, -0.25) is 0 Å². The summed E-state index contributed by atoms with van der Waals surface area (Å²) in [6, 6.07) is 10.2. The van der Waals surface area contributed by atoms with Crippen molar-refractivity contribution in [1.29, 1.82) is 0 Å². The molecule has 0 N–H and O–H groups in total. The van der Waals surface area contributed by atoms with Crippen LogP contribution in [0.3, 0.4) is 0 Å². The molecule has 1 heterocycles. The molecule has 1 aromatic heterocycles. The van der Waals surface area contributed by atoms with Gasteiger partial charge in [-0.25, -0.2) is 4.79 Å². The third-order valence-electron chi connectivity index (χ3n) is 2.93. The predicted molar refractivity (Wildman–Crippen MR) is 72.4 cm³/mol. The molecule has 0 aliphatic carbocycles. The first-order chi connectivity index (χ1) is 8.63. The van der Waals surface area contributed by atoms with Gasteiger partial charge in [-0.2, -0.15) is 0 Å². The summed E-state index contributed by atoms with van der Waals surface area (Å²) >= 11 is 0. The first-order valence-corrected chi connectivity index (χ1v) is 6.03. The smallest absolute Gasteiger partial charge is 0.335 e. The SMILES string of the molecule is C=C(Cn1c(C)cc2ccccc21)C(=O)OCC. The van der Waals surface area contributed by atoms with Gasteiger partial charge < -0.3 is 9.30 Å². The van der Waals surface area contributed by atoms with Crippen molar-refractivity contribution in [2.75, 3.05) is 6.61 Å². The van der Waals surface area contributed by atoms with Gasteiger partial charge in [-0.15, -0.1) is 0 Å². The average molecular weight is 243 g/mol. The normalized spacial score (nSPS) is 10.6. The van der Waals surface area contributed by atoms with Crippen LogP contribution in [-0.4, -0.2) is 17.1 Å². The minimum atomic E-state index is -0.324. The lowest BCUT2D eigenvalue weighted by atomic mass is 10.2. The molecule has 0 radical (unpaired) electrons. The van der Waals surface area contributed by atoms with Crippen molar-refractivity contribution in [3.05, 3.63) is 48.2 Å². The van der Waals surface area contributed by atoms with Crippen molar-refractivity contribution < 1.29 is 9.53 Å². The molecule has 2 aromatic rings. The highest BCUT2D eigenvalue weighted by Crippen LogP contribution is 2.20. The van der Waals surface area contributed by atoms with Crippen LogP contribution < -0.4 is 0 Å². The van der Waals surface area contributed by atoms with Crippen LogP contribution in [-0.2, 0) is 16.1 Å². The van der Waals surface area contributed by atoms with E-state index in [9.17, 15) is 4.79 Å². The fourth-order valence-electron chi connectivity index (χ4n) is 2.05. The zero-order valence-corrected chi connectivity index (χ0v) is 10.8.